The van der Waals surface area contributed by atoms with Crippen molar-refractivity contribution in [2.24, 2.45) is 0 Å². The van der Waals surface area contributed by atoms with Gasteiger partial charge in [-0.15, -0.1) is 0 Å². The summed E-state index contributed by atoms with van der Waals surface area (Å²) in [6.07, 6.45) is 0. The SMILES string of the molecule is CN(Cc1ccc(C#N)cc1)C(=O)c1n[nH]c2ccc([N+](=O)[O-])cc12. The fraction of sp³-hybridized carbons (Fsp3) is 0.118. The number of non-ortho nitro benzene ring substituents is 1. The van der Waals surface area contributed by atoms with E-state index in [9.17, 15) is 14.9 Å². The van der Waals surface area contributed by atoms with Gasteiger partial charge in [0.1, 0.15) is 0 Å². The van der Waals surface area contributed by atoms with Crippen LogP contribution in [-0.2, 0) is 6.54 Å². The van der Waals surface area contributed by atoms with Crippen molar-refractivity contribution in [2.75, 3.05) is 7.05 Å². The molecule has 0 atom stereocenters. The number of carbonyl (C=O) groups is 1. The Balaban J connectivity index is 1.86. The third-order valence-corrected chi connectivity index (χ3v) is 3.81. The van der Waals surface area contributed by atoms with Crippen molar-refractivity contribution < 1.29 is 9.72 Å². The molecule has 0 aliphatic carbocycles. The van der Waals surface area contributed by atoms with Crippen LogP contribution in [0, 0.1) is 21.4 Å². The monoisotopic (exact) mass is 335 g/mol. The minimum atomic E-state index is -0.513. The smallest absolute Gasteiger partial charge is 0.275 e. The van der Waals surface area contributed by atoms with Gasteiger partial charge in [-0.1, -0.05) is 12.1 Å². The van der Waals surface area contributed by atoms with Crippen LogP contribution in [0.15, 0.2) is 42.5 Å². The highest BCUT2D eigenvalue weighted by Gasteiger charge is 2.20. The first kappa shape index (κ1) is 16.1. The molecule has 0 fully saturated rings. The van der Waals surface area contributed by atoms with Crippen LogP contribution in [0.2, 0.25) is 0 Å². The van der Waals surface area contributed by atoms with Gasteiger partial charge in [0.2, 0.25) is 0 Å². The quantitative estimate of drug-likeness (QED) is 0.581. The maximum Gasteiger partial charge on any atom is 0.275 e. The first-order valence-electron chi connectivity index (χ1n) is 7.36. The zero-order valence-corrected chi connectivity index (χ0v) is 13.3. The van der Waals surface area contributed by atoms with Gasteiger partial charge >= 0.3 is 0 Å². The molecule has 0 saturated carbocycles. The molecule has 3 rings (SSSR count). The van der Waals surface area contributed by atoms with E-state index in [1.54, 1.807) is 31.3 Å². The highest BCUT2D eigenvalue weighted by Crippen LogP contribution is 2.23. The highest BCUT2D eigenvalue weighted by atomic mass is 16.6. The summed E-state index contributed by atoms with van der Waals surface area (Å²) in [6.45, 7) is 0.327. The summed E-state index contributed by atoms with van der Waals surface area (Å²) in [4.78, 5) is 24.5. The molecule has 3 aromatic rings. The van der Waals surface area contributed by atoms with Crippen molar-refractivity contribution in [1.29, 1.82) is 5.26 Å². The first-order valence-corrected chi connectivity index (χ1v) is 7.36. The van der Waals surface area contributed by atoms with Crippen molar-refractivity contribution in [3.63, 3.8) is 0 Å². The number of amides is 1. The zero-order chi connectivity index (χ0) is 18.0. The van der Waals surface area contributed by atoms with Gasteiger partial charge in [0.05, 0.1) is 22.1 Å². The topological polar surface area (TPSA) is 116 Å². The molecule has 0 unspecified atom stereocenters. The number of benzene rings is 2. The van der Waals surface area contributed by atoms with Crippen LogP contribution >= 0.6 is 0 Å². The van der Waals surface area contributed by atoms with E-state index >= 15 is 0 Å². The summed E-state index contributed by atoms with van der Waals surface area (Å²) in [5, 5.41) is 26.9. The number of aromatic amines is 1. The van der Waals surface area contributed by atoms with Crippen molar-refractivity contribution in [3.05, 3.63) is 69.4 Å². The van der Waals surface area contributed by atoms with E-state index in [0.717, 1.165) is 5.56 Å². The largest absolute Gasteiger partial charge is 0.336 e. The van der Waals surface area contributed by atoms with Crippen LogP contribution < -0.4 is 0 Å². The van der Waals surface area contributed by atoms with Gasteiger partial charge in [0.15, 0.2) is 5.69 Å². The number of nitro benzene ring substituents is 1. The molecule has 1 amide bonds. The van der Waals surface area contributed by atoms with E-state index in [1.165, 1.54) is 23.1 Å². The number of nitriles is 1. The Hall–Kier alpha value is -3.73. The number of hydrogen-bond donors (Lipinski definition) is 1. The molecule has 0 aliphatic heterocycles. The summed E-state index contributed by atoms with van der Waals surface area (Å²) >= 11 is 0. The number of carbonyl (C=O) groups excluding carboxylic acids is 1. The van der Waals surface area contributed by atoms with E-state index in [1.807, 2.05) is 6.07 Å². The van der Waals surface area contributed by atoms with Crippen LogP contribution in [0.25, 0.3) is 10.9 Å². The lowest BCUT2D eigenvalue weighted by atomic mass is 10.1. The Morgan fingerprint density at radius 1 is 1.32 bits per heavy atom. The Morgan fingerprint density at radius 3 is 2.68 bits per heavy atom. The third kappa shape index (κ3) is 3.16. The van der Waals surface area contributed by atoms with Gasteiger partial charge in [-0.3, -0.25) is 20.0 Å². The maximum absolute atomic E-state index is 12.6. The summed E-state index contributed by atoms with van der Waals surface area (Å²) in [5.74, 6) is -0.351. The predicted molar refractivity (Wildman–Crippen MR) is 89.7 cm³/mol. The lowest BCUT2D eigenvalue weighted by Gasteiger charge is -2.16. The van der Waals surface area contributed by atoms with Crippen molar-refractivity contribution in [2.45, 2.75) is 6.54 Å². The second-order valence-electron chi connectivity index (χ2n) is 5.53. The number of aromatic nitrogens is 2. The van der Waals surface area contributed by atoms with Crippen LogP contribution in [0.4, 0.5) is 5.69 Å². The fourth-order valence-electron chi connectivity index (χ4n) is 2.49. The number of H-pyrrole nitrogens is 1. The Morgan fingerprint density at radius 2 is 2.04 bits per heavy atom. The van der Waals surface area contributed by atoms with Gasteiger partial charge in [-0.25, -0.2) is 0 Å². The maximum atomic E-state index is 12.6. The molecule has 0 aliphatic rings. The molecule has 1 heterocycles. The third-order valence-electron chi connectivity index (χ3n) is 3.81. The average molecular weight is 335 g/mol. The van der Waals surface area contributed by atoms with E-state index in [2.05, 4.69) is 10.2 Å². The standard InChI is InChI=1S/C17H13N5O3/c1-21(10-12-4-2-11(9-18)3-5-12)17(23)16-14-8-13(22(24)25)6-7-15(14)19-20-16/h2-8H,10H2,1H3,(H,19,20). The Kier molecular flexibility index (Phi) is 4.14. The van der Waals surface area contributed by atoms with Gasteiger partial charge in [0.25, 0.3) is 11.6 Å². The number of rotatable bonds is 4. The molecule has 0 radical (unpaired) electrons. The lowest BCUT2D eigenvalue weighted by molar-refractivity contribution is -0.384. The molecule has 1 aromatic heterocycles. The lowest BCUT2D eigenvalue weighted by Crippen LogP contribution is -2.26. The predicted octanol–water partition coefficient (Wildman–Crippen LogP) is 2.61. The molecule has 25 heavy (non-hydrogen) atoms. The van der Waals surface area contributed by atoms with E-state index < -0.39 is 4.92 Å². The molecule has 1 N–H and O–H groups in total. The van der Waals surface area contributed by atoms with Crippen molar-refractivity contribution in [1.82, 2.24) is 15.1 Å². The number of nitrogens with zero attached hydrogens (tertiary/aromatic N) is 4. The van der Waals surface area contributed by atoms with Gasteiger partial charge in [-0.2, -0.15) is 10.4 Å². The minimum absolute atomic E-state index is 0.0994. The van der Waals surface area contributed by atoms with E-state index in [0.29, 0.717) is 23.0 Å². The summed E-state index contributed by atoms with van der Waals surface area (Å²) in [6, 6.07) is 13.2. The molecule has 0 bridgehead atoms. The summed E-state index contributed by atoms with van der Waals surface area (Å²) < 4.78 is 0. The average Bonchev–Trinajstić information content (AvgIpc) is 3.04. The molecule has 2 aromatic carbocycles. The second-order valence-corrected chi connectivity index (χ2v) is 5.53. The summed E-state index contributed by atoms with van der Waals surface area (Å²) in [5.41, 5.74) is 2.00. The van der Waals surface area contributed by atoms with E-state index in [4.69, 9.17) is 5.26 Å². The highest BCUT2D eigenvalue weighted by molar-refractivity contribution is 6.05. The Labute approximate surface area is 142 Å². The molecular weight excluding hydrogens is 322 g/mol. The molecule has 124 valence electrons. The van der Waals surface area contributed by atoms with Crippen LogP contribution in [-0.4, -0.2) is 33.0 Å². The second kappa shape index (κ2) is 6.41. The first-order chi connectivity index (χ1) is 12.0. The van der Waals surface area contributed by atoms with Crippen LogP contribution in [0.1, 0.15) is 21.6 Å². The number of nitrogens with one attached hydrogen (secondary N) is 1. The van der Waals surface area contributed by atoms with E-state index in [-0.39, 0.29) is 17.3 Å². The normalized spacial score (nSPS) is 10.4. The Bertz CT molecular complexity index is 1000. The summed E-state index contributed by atoms with van der Waals surface area (Å²) in [7, 11) is 1.62. The zero-order valence-electron chi connectivity index (χ0n) is 13.3. The number of nitro groups is 1. The van der Waals surface area contributed by atoms with Gasteiger partial charge in [0, 0.05) is 31.1 Å². The minimum Gasteiger partial charge on any atom is -0.336 e. The molecule has 8 nitrogen and oxygen atoms in total. The van der Waals surface area contributed by atoms with Crippen LogP contribution in [0.3, 0.4) is 0 Å². The van der Waals surface area contributed by atoms with Gasteiger partial charge < -0.3 is 4.90 Å². The van der Waals surface area contributed by atoms with Crippen molar-refractivity contribution >= 4 is 22.5 Å². The van der Waals surface area contributed by atoms with Gasteiger partial charge in [-0.05, 0) is 23.8 Å². The molecule has 0 spiro atoms. The molecule has 0 saturated heterocycles. The number of hydrogen-bond acceptors (Lipinski definition) is 5. The fourth-order valence-corrected chi connectivity index (χ4v) is 2.49. The van der Waals surface area contributed by atoms with Crippen LogP contribution in [0.5, 0.6) is 0 Å². The van der Waals surface area contributed by atoms with Crippen molar-refractivity contribution in [3.8, 4) is 6.07 Å². The number of fused-ring (bicyclic) bond motifs is 1. The molecular formula is C17H13N5O3. The molecule has 8 heteroatoms.